The van der Waals surface area contributed by atoms with Gasteiger partial charge in [0.25, 0.3) is 5.91 Å². The van der Waals surface area contributed by atoms with Crippen LogP contribution in [-0.4, -0.2) is 24.2 Å². The van der Waals surface area contributed by atoms with Crippen LogP contribution in [-0.2, 0) is 0 Å². The van der Waals surface area contributed by atoms with E-state index in [0.29, 0.717) is 23.0 Å². The molecule has 1 amide bonds. The molecule has 122 valence electrons. The molecule has 0 bridgehead atoms. The predicted octanol–water partition coefficient (Wildman–Crippen LogP) is 3.66. The van der Waals surface area contributed by atoms with Crippen molar-refractivity contribution in [1.82, 2.24) is 10.6 Å². The van der Waals surface area contributed by atoms with Gasteiger partial charge in [0.05, 0.1) is 12.2 Å². The van der Waals surface area contributed by atoms with Gasteiger partial charge in [-0.25, -0.2) is 0 Å². The second-order valence-electron chi connectivity index (χ2n) is 5.05. The zero-order valence-electron chi connectivity index (χ0n) is 13.5. The van der Waals surface area contributed by atoms with Gasteiger partial charge in [-0.2, -0.15) is 0 Å². The summed E-state index contributed by atoms with van der Waals surface area (Å²) in [7, 11) is 0. The highest BCUT2D eigenvalue weighted by atomic mass is 32.1. The minimum Gasteiger partial charge on any atom is -0.493 e. The van der Waals surface area contributed by atoms with E-state index in [-0.39, 0.29) is 5.91 Å². The molecule has 0 aromatic heterocycles. The fourth-order valence-electron chi connectivity index (χ4n) is 2.08. The van der Waals surface area contributed by atoms with E-state index in [1.807, 2.05) is 19.1 Å². The molecule has 0 saturated heterocycles. The SMILES string of the molecule is CCCCCCCNC(=S)NC(=O)c1ccccc1OCC. The number of hydrogen-bond donors (Lipinski definition) is 2. The van der Waals surface area contributed by atoms with Gasteiger partial charge in [0.2, 0.25) is 0 Å². The summed E-state index contributed by atoms with van der Waals surface area (Å²) in [5.74, 6) is 0.331. The molecule has 1 rings (SSSR count). The Morgan fingerprint density at radius 1 is 1.14 bits per heavy atom. The lowest BCUT2D eigenvalue weighted by Gasteiger charge is -2.12. The lowest BCUT2D eigenvalue weighted by molar-refractivity contribution is 0.0973. The Bertz CT molecular complexity index is 477. The van der Waals surface area contributed by atoms with Gasteiger partial charge < -0.3 is 10.1 Å². The van der Waals surface area contributed by atoms with Crippen LogP contribution in [0, 0.1) is 0 Å². The number of amides is 1. The Morgan fingerprint density at radius 2 is 1.86 bits per heavy atom. The molecule has 4 nitrogen and oxygen atoms in total. The van der Waals surface area contributed by atoms with Gasteiger partial charge in [-0.05, 0) is 37.7 Å². The quantitative estimate of drug-likeness (QED) is 0.538. The molecule has 0 fully saturated rings. The highest BCUT2D eigenvalue weighted by Gasteiger charge is 2.12. The summed E-state index contributed by atoms with van der Waals surface area (Å²) in [6, 6.07) is 7.16. The summed E-state index contributed by atoms with van der Waals surface area (Å²) >= 11 is 5.16. The molecular weight excluding hydrogens is 296 g/mol. The molecule has 0 aliphatic carbocycles. The molecule has 1 aromatic rings. The molecule has 5 heteroatoms. The molecule has 1 aromatic carbocycles. The number of carbonyl (C=O) groups excluding carboxylic acids is 1. The average Bonchev–Trinajstić information content (AvgIpc) is 2.51. The molecule has 0 heterocycles. The first-order chi connectivity index (χ1) is 10.7. The van der Waals surface area contributed by atoms with Crippen LogP contribution < -0.4 is 15.4 Å². The minimum atomic E-state index is -0.243. The topological polar surface area (TPSA) is 50.4 Å². The van der Waals surface area contributed by atoms with E-state index in [2.05, 4.69) is 17.6 Å². The molecule has 0 radical (unpaired) electrons. The van der Waals surface area contributed by atoms with Crippen molar-refractivity contribution in [2.45, 2.75) is 46.0 Å². The van der Waals surface area contributed by atoms with Gasteiger partial charge in [-0.15, -0.1) is 0 Å². The summed E-state index contributed by atoms with van der Waals surface area (Å²) in [5, 5.41) is 6.14. The predicted molar refractivity (Wildman–Crippen MR) is 94.4 cm³/mol. The standard InChI is InChI=1S/C17H26N2O2S/c1-3-5-6-7-10-13-18-17(22)19-16(20)14-11-8-9-12-15(14)21-4-2/h8-9,11-12H,3-7,10,13H2,1-2H3,(H2,18,19,20,22). The number of unbranched alkanes of at least 4 members (excludes halogenated alkanes) is 4. The summed E-state index contributed by atoms with van der Waals surface area (Å²) < 4.78 is 5.45. The number of nitrogens with one attached hydrogen (secondary N) is 2. The zero-order chi connectivity index (χ0) is 16.2. The van der Waals surface area contributed by atoms with E-state index in [0.717, 1.165) is 13.0 Å². The van der Waals surface area contributed by atoms with Crippen LogP contribution in [0.1, 0.15) is 56.3 Å². The maximum absolute atomic E-state index is 12.2. The number of carbonyl (C=O) groups is 1. The summed E-state index contributed by atoms with van der Waals surface area (Å²) in [6.45, 7) is 5.39. The zero-order valence-corrected chi connectivity index (χ0v) is 14.3. The van der Waals surface area contributed by atoms with Gasteiger partial charge in [-0.1, -0.05) is 44.7 Å². The smallest absolute Gasteiger partial charge is 0.261 e. The van der Waals surface area contributed by atoms with E-state index in [1.165, 1.54) is 25.7 Å². The second kappa shape index (κ2) is 11.0. The molecule has 0 spiro atoms. The van der Waals surface area contributed by atoms with Crippen LogP contribution in [0.2, 0.25) is 0 Å². The van der Waals surface area contributed by atoms with Gasteiger partial charge in [0.15, 0.2) is 5.11 Å². The molecule has 0 aliphatic heterocycles. The van der Waals surface area contributed by atoms with E-state index < -0.39 is 0 Å². The molecule has 2 N–H and O–H groups in total. The fraction of sp³-hybridized carbons (Fsp3) is 0.529. The minimum absolute atomic E-state index is 0.243. The number of rotatable bonds is 9. The second-order valence-corrected chi connectivity index (χ2v) is 5.46. The number of ether oxygens (including phenoxy) is 1. The average molecular weight is 322 g/mol. The first kappa shape index (κ1) is 18.4. The largest absolute Gasteiger partial charge is 0.493 e. The van der Waals surface area contributed by atoms with Crippen LogP contribution in [0.4, 0.5) is 0 Å². The monoisotopic (exact) mass is 322 g/mol. The number of thiocarbonyl (C=S) groups is 1. The summed E-state index contributed by atoms with van der Waals surface area (Å²) in [5.41, 5.74) is 0.497. The third-order valence-electron chi connectivity index (χ3n) is 3.22. The summed E-state index contributed by atoms with van der Waals surface area (Å²) in [4.78, 5) is 12.2. The number of hydrogen-bond acceptors (Lipinski definition) is 3. The highest BCUT2D eigenvalue weighted by molar-refractivity contribution is 7.80. The Kier molecular flexibility index (Phi) is 9.23. The van der Waals surface area contributed by atoms with Crippen molar-refractivity contribution in [3.63, 3.8) is 0 Å². The summed E-state index contributed by atoms with van der Waals surface area (Å²) in [6.07, 6.45) is 6.01. The van der Waals surface area contributed by atoms with Crippen LogP contribution >= 0.6 is 12.2 Å². The first-order valence-electron chi connectivity index (χ1n) is 8.00. The van der Waals surface area contributed by atoms with E-state index in [9.17, 15) is 4.79 Å². The third kappa shape index (κ3) is 6.89. The van der Waals surface area contributed by atoms with Crippen molar-refractivity contribution in [2.24, 2.45) is 0 Å². The number of para-hydroxylation sites is 1. The van der Waals surface area contributed by atoms with Crippen LogP contribution in [0.25, 0.3) is 0 Å². The Hall–Kier alpha value is -1.62. The van der Waals surface area contributed by atoms with Crippen molar-refractivity contribution in [1.29, 1.82) is 0 Å². The molecule has 0 unspecified atom stereocenters. The van der Waals surface area contributed by atoms with Crippen molar-refractivity contribution in [2.75, 3.05) is 13.2 Å². The van der Waals surface area contributed by atoms with E-state index in [4.69, 9.17) is 17.0 Å². The lowest BCUT2D eigenvalue weighted by Crippen LogP contribution is -2.39. The Morgan fingerprint density at radius 3 is 2.59 bits per heavy atom. The normalized spacial score (nSPS) is 10.1. The molecule has 22 heavy (non-hydrogen) atoms. The van der Waals surface area contributed by atoms with Crippen LogP contribution in [0.3, 0.4) is 0 Å². The van der Waals surface area contributed by atoms with Crippen LogP contribution in [0.15, 0.2) is 24.3 Å². The van der Waals surface area contributed by atoms with Crippen molar-refractivity contribution >= 4 is 23.2 Å². The maximum atomic E-state index is 12.2. The van der Waals surface area contributed by atoms with E-state index in [1.54, 1.807) is 12.1 Å². The Labute approximate surface area is 138 Å². The van der Waals surface area contributed by atoms with Gasteiger partial charge in [0.1, 0.15) is 5.75 Å². The number of benzene rings is 1. The highest BCUT2D eigenvalue weighted by Crippen LogP contribution is 2.17. The third-order valence-corrected chi connectivity index (χ3v) is 3.47. The van der Waals surface area contributed by atoms with Crippen molar-refractivity contribution in [3.05, 3.63) is 29.8 Å². The molecule has 0 aliphatic rings. The lowest BCUT2D eigenvalue weighted by atomic mass is 10.1. The molecular formula is C17H26N2O2S. The molecule has 0 atom stereocenters. The van der Waals surface area contributed by atoms with Crippen molar-refractivity contribution < 1.29 is 9.53 Å². The van der Waals surface area contributed by atoms with Crippen LogP contribution in [0.5, 0.6) is 5.75 Å². The van der Waals surface area contributed by atoms with Crippen molar-refractivity contribution in [3.8, 4) is 5.75 Å². The van der Waals surface area contributed by atoms with Gasteiger partial charge >= 0.3 is 0 Å². The Balaban J connectivity index is 2.36. The van der Waals surface area contributed by atoms with E-state index >= 15 is 0 Å². The van der Waals surface area contributed by atoms with Gasteiger partial charge in [-0.3, -0.25) is 10.1 Å². The molecule has 0 saturated carbocycles. The fourth-order valence-corrected chi connectivity index (χ4v) is 2.28. The maximum Gasteiger partial charge on any atom is 0.261 e. The van der Waals surface area contributed by atoms with Gasteiger partial charge in [0, 0.05) is 6.54 Å². The first-order valence-corrected chi connectivity index (χ1v) is 8.40.